The van der Waals surface area contributed by atoms with Crippen LogP contribution < -0.4 is 11.1 Å². The van der Waals surface area contributed by atoms with Gasteiger partial charge in [-0.25, -0.2) is 0 Å². The van der Waals surface area contributed by atoms with Crippen LogP contribution in [-0.4, -0.2) is 17.3 Å². The Bertz CT molecular complexity index is 359. The van der Waals surface area contributed by atoms with Gasteiger partial charge in [0.1, 0.15) is 0 Å². The SMILES string of the molecule is Cc1ccc(NCC2(O)CCC2)c(N)c1. The molecule has 0 radical (unpaired) electrons. The summed E-state index contributed by atoms with van der Waals surface area (Å²) in [4.78, 5) is 0. The fourth-order valence-electron chi connectivity index (χ4n) is 1.86. The van der Waals surface area contributed by atoms with Crippen LogP contribution in [0.4, 0.5) is 11.4 Å². The van der Waals surface area contributed by atoms with Crippen molar-refractivity contribution in [3.05, 3.63) is 23.8 Å². The van der Waals surface area contributed by atoms with Crippen molar-refractivity contribution >= 4 is 11.4 Å². The van der Waals surface area contributed by atoms with Gasteiger partial charge < -0.3 is 16.2 Å². The summed E-state index contributed by atoms with van der Waals surface area (Å²) in [5, 5.41) is 13.1. The van der Waals surface area contributed by atoms with Crippen molar-refractivity contribution in [1.82, 2.24) is 0 Å². The first-order valence-corrected chi connectivity index (χ1v) is 5.41. The molecule has 3 nitrogen and oxygen atoms in total. The van der Waals surface area contributed by atoms with Crippen LogP contribution in [0, 0.1) is 6.92 Å². The lowest BCUT2D eigenvalue weighted by molar-refractivity contribution is -0.0201. The molecule has 0 atom stereocenters. The monoisotopic (exact) mass is 206 g/mol. The van der Waals surface area contributed by atoms with Crippen molar-refractivity contribution in [3.8, 4) is 0 Å². The summed E-state index contributed by atoms with van der Waals surface area (Å²) >= 11 is 0. The number of nitrogen functional groups attached to an aromatic ring is 1. The summed E-state index contributed by atoms with van der Waals surface area (Å²) in [6, 6.07) is 5.92. The first kappa shape index (κ1) is 10.3. The van der Waals surface area contributed by atoms with E-state index in [0.29, 0.717) is 6.54 Å². The topological polar surface area (TPSA) is 58.3 Å². The molecular weight excluding hydrogens is 188 g/mol. The second-order valence-electron chi connectivity index (χ2n) is 4.52. The van der Waals surface area contributed by atoms with Gasteiger partial charge in [-0.3, -0.25) is 0 Å². The summed E-state index contributed by atoms with van der Waals surface area (Å²) in [6.07, 6.45) is 2.92. The number of hydrogen-bond donors (Lipinski definition) is 3. The van der Waals surface area contributed by atoms with E-state index in [-0.39, 0.29) is 0 Å². The Hall–Kier alpha value is -1.22. The third-order valence-electron chi connectivity index (χ3n) is 3.10. The van der Waals surface area contributed by atoms with Crippen LogP contribution in [0.2, 0.25) is 0 Å². The van der Waals surface area contributed by atoms with Crippen molar-refractivity contribution in [1.29, 1.82) is 0 Å². The zero-order chi connectivity index (χ0) is 10.9. The molecule has 1 fully saturated rings. The maximum absolute atomic E-state index is 9.91. The number of hydrogen-bond acceptors (Lipinski definition) is 3. The lowest BCUT2D eigenvalue weighted by Gasteiger charge is -2.37. The minimum Gasteiger partial charge on any atom is -0.397 e. The highest BCUT2D eigenvalue weighted by Crippen LogP contribution is 2.32. The first-order valence-electron chi connectivity index (χ1n) is 5.41. The summed E-state index contributed by atoms with van der Waals surface area (Å²) < 4.78 is 0. The highest BCUT2D eigenvalue weighted by atomic mass is 16.3. The van der Waals surface area contributed by atoms with Crippen LogP contribution in [-0.2, 0) is 0 Å². The van der Waals surface area contributed by atoms with Gasteiger partial charge in [0.2, 0.25) is 0 Å². The second kappa shape index (κ2) is 3.74. The average Bonchev–Trinajstić information content (AvgIpc) is 2.14. The van der Waals surface area contributed by atoms with E-state index in [1.807, 2.05) is 25.1 Å². The summed E-state index contributed by atoms with van der Waals surface area (Å²) in [6.45, 7) is 2.61. The lowest BCUT2D eigenvalue weighted by atomic mass is 9.80. The Morgan fingerprint density at radius 2 is 2.20 bits per heavy atom. The highest BCUT2D eigenvalue weighted by molar-refractivity contribution is 5.67. The van der Waals surface area contributed by atoms with Crippen LogP contribution in [0.3, 0.4) is 0 Å². The second-order valence-corrected chi connectivity index (χ2v) is 4.52. The maximum Gasteiger partial charge on any atom is 0.0819 e. The van der Waals surface area contributed by atoms with Crippen LogP contribution >= 0.6 is 0 Å². The molecular formula is C12H18N2O. The summed E-state index contributed by atoms with van der Waals surface area (Å²) in [7, 11) is 0. The van der Waals surface area contributed by atoms with Gasteiger partial charge >= 0.3 is 0 Å². The van der Waals surface area contributed by atoms with Crippen molar-refractivity contribution in [2.75, 3.05) is 17.6 Å². The molecule has 0 unspecified atom stereocenters. The smallest absolute Gasteiger partial charge is 0.0819 e. The third kappa shape index (κ3) is 2.23. The summed E-state index contributed by atoms with van der Waals surface area (Å²) in [5.41, 5.74) is 8.18. The average molecular weight is 206 g/mol. The summed E-state index contributed by atoms with van der Waals surface area (Å²) in [5.74, 6) is 0. The minimum atomic E-state index is -0.503. The van der Waals surface area contributed by atoms with Crippen LogP contribution in [0.25, 0.3) is 0 Å². The largest absolute Gasteiger partial charge is 0.397 e. The van der Waals surface area contributed by atoms with Crippen LogP contribution in [0.1, 0.15) is 24.8 Å². The molecule has 0 aliphatic heterocycles. The standard InChI is InChI=1S/C12H18N2O/c1-9-3-4-11(10(13)7-9)14-8-12(15)5-2-6-12/h3-4,7,14-15H,2,5-6,8,13H2,1H3. The lowest BCUT2D eigenvalue weighted by Crippen LogP contribution is -2.43. The number of nitrogens with one attached hydrogen (secondary N) is 1. The van der Waals surface area contributed by atoms with Gasteiger partial charge in [-0.1, -0.05) is 6.07 Å². The Morgan fingerprint density at radius 3 is 2.73 bits per heavy atom. The zero-order valence-corrected chi connectivity index (χ0v) is 9.09. The third-order valence-corrected chi connectivity index (χ3v) is 3.10. The molecule has 1 saturated carbocycles. The number of rotatable bonds is 3. The van der Waals surface area contributed by atoms with E-state index >= 15 is 0 Å². The molecule has 1 aliphatic carbocycles. The molecule has 0 saturated heterocycles. The van der Waals surface area contributed by atoms with Gasteiger partial charge in [-0.15, -0.1) is 0 Å². The maximum atomic E-state index is 9.91. The molecule has 0 bridgehead atoms. The fraction of sp³-hybridized carbons (Fsp3) is 0.500. The molecule has 0 spiro atoms. The van der Waals surface area contributed by atoms with Gasteiger partial charge in [-0.2, -0.15) is 0 Å². The van der Waals surface area contributed by atoms with Crippen molar-refractivity contribution in [2.45, 2.75) is 31.8 Å². The molecule has 0 amide bonds. The number of anilines is 2. The predicted molar refractivity (Wildman–Crippen MR) is 62.9 cm³/mol. The van der Waals surface area contributed by atoms with Crippen LogP contribution in [0.15, 0.2) is 18.2 Å². The molecule has 0 aromatic heterocycles. The van der Waals surface area contributed by atoms with Crippen molar-refractivity contribution in [2.24, 2.45) is 0 Å². The molecule has 1 aromatic carbocycles. The van der Waals surface area contributed by atoms with Gasteiger partial charge in [0.15, 0.2) is 0 Å². The predicted octanol–water partition coefficient (Wildman–Crippen LogP) is 1.90. The number of aryl methyl sites for hydroxylation is 1. The van der Waals surface area contributed by atoms with E-state index in [4.69, 9.17) is 5.73 Å². The Labute approximate surface area is 90.3 Å². The minimum absolute atomic E-state index is 0.503. The number of aliphatic hydroxyl groups is 1. The van der Waals surface area contributed by atoms with Crippen molar-refractivity contribution in [3.63, 3.8) is 0 Å². The Kier molecular flexibility index (Phi) is 2.57. The molecule has 1 aromatic rings. The Morgan fingerprint density at radius 1 is 1.47 bits per heavy atom. The highest BCUT2D eigenvalue weighted by Gasteiger charge is 2.33. The first-order chi connectivity index (χ1) is 7.09. The molecule has 4 N–H and O–H groups in total. The normalized spacial score (nSPS) is 18.3. The zero-order valence-electron chi connectivity index (χ0n) is 9.09. The van der Waals surface area contributed by atoms with Crippen LogP contribution in [0.5, 0.6) is 0 Å². The molecule has 1 aliphatic rings. The van der Waals surface area contributed by atoms with E-state index in [2.05, 4.69) is 5.32 Å². The van der Waals surface area contributed by atoms with E-state index < -0.39 is 5.60 Å². The van der Waals surface area contributed by atoms with Crippen molar-refractivity contribution < 1.29 is 5.11 Å². The quantitative estimate of drug-likeness (QED) is 0.662. The number of nitrogens with two attached hydrogens (primary N) is 1. The van der Waals surface area contributed by atoms with E-state index in [1.165, 1.54) is 0 Å². The van der Waals surface area contributed by atoms with Gasteiger partial charge in [0.05, 0.1) is 17.0 Å². The Balaban J connectivity index is 1.98. The molecule has 2 rings (SSSR count). The van der Waals surface area contributed by atoms with E-state index in [1.54, 1.807) is 0 Å². The molecule has 3 heteroatoms. The van der Waals surface area contributed by atoms with Gasteiger partial charge in [0, 0.05) is 6.54 Å². The molecule has 15 heavy (non-hydrogen) atoms. The van der Waals surface area contributed by atoms with Gasteiger partial charge in [-0.05, 0) is 43.9 Å². The molecule has 82 valence electrons. The molecule has 0 heterocycles. The van der Waals surface area contributed by atoms with E-state index in [9.17, 15) is 5.11 Å². The fourth-order valence-corrected chi connectivity index (χ4v) is 1.86. The van der Waals surface area contributed by atoms with E-state index in [0.717, 1.165) is 36.2 Å². The number of benzene rings is 1. The van der Waals surface area contributed by atoms with Gasteiger partial charge in [0.25, 0.3) is 0 Å².